The van der Waals surface area contributed by atoms with Crippen molar-refractivity contribution in [2.24, 2.45) is 7.05 Å². The summed E-state index contributed by atoms with van der Waals surface area (Å²) in [6.45, 7) is 7.87. The Morgan fingerprint density at radius 3 is 2.47 bits per heavy atom. The van der Waals surface area contributed by atoms with E-state index < -0.39 is 0 Å². The van der Waals surface area contributed by atoms with E-state index in [4.69, 9.17) is 0 Å². The van der Waals surface area contributed by atoms with Crippen LogP contribution in [0.5, 0.6) is 0 Å². The predicted octanol–water partition coefficient (Wildman–Crippen LogP) is 3.42. The Hall–Kier alpha value is -2.16. The largest absolute Gasteiger partial charge is 0.288 e. The molecule has 0 spiro atoms. The summed E-state index contributed by atoms with van der Waals surface area (Å²) in [5, 5.41) is 4.45. The standard InChI is InChI=1S/C16H18N2O/c1-5-13-14(15(11(2)3)17-18(13)4)16(19)12-9-7-6-8-10-12/h5-11H,1H2,2-4H3. The van der Waals surface area contributed by atoms with E-state index in [1.807, 2.05) is 51.2 Å². The second kappa shape index (κ2) is 5.22. The lowest BCUT2D eigenvalue weighted by atomic mass is 9.96. The fraction of sp³-hybridized carbons (Fsp3) is 0.250. The number of hydrogen-bond donors (Lipinski definition) is 0. The summed E-state index contributed by atoms with van der Waals surface area (Å²) in [4.78, 5) is 12.7. The van der Waals surface area contributed by atoms with Gasteiger partial charge in [-0.05, 0) is 12.0 Å². The molecule has 1 aromatic carbocycles. The van der Waals surface area contributed by atoms with Crippen LogP contribution in [0.25, 0.3) is 6.08 Å². The lowest BCUT2D eigenvalue weighted by Crippen LogP contribution is -2.06. The van der Waals surface area contributed by atoms with Crippen LogP contribution in [0.15, 0.2) is 36.9 Å². The van der Waals surface area contributed by atoms with E-state index >= 15 is 0 Å². The van der Waals surface area contributed by atoms with Crippen molar-refractivity contribution in [3.05, 3.63) is 59.4 Å². The maximum Gasteiger partial charge on any atom is 0.197 e. The van der Waals surface area contributed by atoms with Crippen molar-refractivity contribution in [3.63, 3.8) is 0 Å². The van der Waals surface area contributed by atoms with Crippen molar-refractivity contribution in [1.82, 2.24) is 9.78 Å². The average Bonchev–Trinajstić information content (AvgIpc) is 2.76. The van der Waals surface area contributed by atoms with E-state index in [0.29, 0.717) is 11.1 Å². The van der Waals surface area contributed by atoms with Crippen LogP contribution in [0.4, 0.5) is 0 Å². The fourth-order valence-electron chi connectivity index (χ4n) is 2.16. The molecule has 0 fully saturated rings. The zero-order valence-corrected chi connectivity index (χ0v) is 11.6. The summed E-state index contributed by atoms with van der Waals surface area (Å²) in [6, 6.07) is 9.29. The lowest BCUT2D eigenvalue weighted by Gasteiger charge is -2.06. The Bertz CT molecular complexity index is 609. The summed E-state index contributed by atoms with van der Waals surface area (Å²) < 4.78 is 1.72. The van der Waals surface area contributed by atoms with Gasteiger partial charge in [-0.15, -0.1) is 0 Å². The topological polar surface area (TPSA) is 34.9 Å². The molecule has 0 radical (unpaired) electrons. The number of ketones is 1. The molecule has 0 unspecified atom stereocenters. The van der Waals surface area contributed by atoms with E-state index in [2.05, 4.69) is 11.7 Å². The first-order valence-electron chi connectivity index (χ1n) is 6.35. The van der Waals surface area contributed by atoms with Crippen LogP contribution in [0.1, 0.15) is 47.1 Å². The quantitative estimate of drug-likeness (QED) is 0.784. The van der Waals surface area contributed by atoms with Crippen LogP contribution in [-0.4, -0.2) is 15.6 Å². The number of hydrogen-bond acceptors (Lipinski definition) is 2. The molecule has 0 bridgehead atoms. The Labute approximate surface area is 113 Å². The minimum absolute atomic E-state index is 0.00676. The number of carbonyl (C=O) groups is 1. The summed E-state index contributed by atoms with van der Waals surface area (Å²) in [5.74, 6) is 0.204. The molecule has 0 atom stereocenters. The molecule has 2 rings (SSSR count). The van der Waals surface area contributed by atoms with E-state index in [9.17, 15) is 4.79 Å². The lowest BCUT2D eigenvalue weighted by molar-refractivity contribution is 0.103. The molecule has 19 heavy (non-hydrogen) atoms. The van der Waals surface area contributed by atoms with Gasteiger partial charge in [-0.3, -0.25) is 9.48 Å². The van der Waals surface area contributed by atoms with E-state index in [0.717, 1.165) is 11.4 Å². The van der Waals surface area contributed by atoms with Crippen molar-refractivity contribution < 1.29 is 4.79 Å². The van der Waals surface area contributed by atoms with Gasteiger partial charge < -0.3 is 0 Å². The first kappa shape index (κ1) is 13.3. The highest BCUT2D eigenvalue weighted by Crippen LogP contribution is 2.25. The average molecular weight is 254 g/mol. The van der Waals surface area contributed by atoms with Gasteiger partial charge in [0.2, 0.25) is 0 Å². The number of rotatable bonds is 4. The zero-order chi connectivity index (χ0) is 14.0. The van der Waals surface area contributed by atoms with Crippen molar-refractivity contribution in [1.29, 1.82) is 0 Å². The molecular formula is C16H18N2O. The third-order valence-electron chi connectivity index (χ3n) is 3.12. The van der Waals surface area contributed by atoms with Gasteiger partial charge in [-0.25, -0.2) is 0 Å². The third-order valence-corrected chi connectivity index (χ3v) is 3.12. The van der Waals surface area contributed by atoms with Crippen LogP contribution < -0.4 is 0 Å². The van der Waals surface area contributed by atoms with Gasteiger partial charge in [-0.2, -0.15) is 5.10 Å². The van der Waals surface area contributed by atoms with E-state index in [1.54, 1.807) is 10.8 Å². The van der Waals surface area contributed by atoms with Crippen molar-refractivity contribution in [2.45, 2.75) is 19.8 Å². The number of aryl methyl sites for hydroxylation is 1. The summed E-state index contributed by atoms with van der Waals surface area (Å²) in [5.41, 5.74) is 2.95. The minimum atomic E-state index is 0.00676. The smallest absolute Gasteiger partial charge is 0.197 e. The molecule has 0 saturated carbocycles. The number of aromatic nitrogens is 2. The second-order valence-electron chi connectivity index (χ2n) is 4.82. The molecule has 3 heteroatoms. The molecule has 0 aliphatic rings. The Morgan fingerprint density at radius 1 is 1.32 bits per heavy atom. The molecule has 2 aromatic rings. The highest BCUT2D eigenvalue weighted by molar-refractivity contribution is 6.11. The SMILES string of the molecule is C=Cc1c(C(=O)c2ccccc2)c(C(C)C)nn1C. The predicted molar refractivity (Wildman–Crippen MR) is 77.3 cm³/mol. The van der Waals surface area contributed by atoms with Crippen LogP contribution in [0, 0.1) is 0 Å². The van der Waals surface area contributed by atoms with E-state index in [-0.39, 0.29) is 11.7 Å². The first-order valence-corrected chi connectivity index (χ1v) is 6.35. The third kappa shape index (κ3) is 2.36. The van der Waals surface area contributed by atoms with Gasteiger partial charge in [0.25, 0.3) is 0 Å². The first-order chi connectivity index (χ1) is 9.06. The van der Waals surface area contributed by atoms with Crippen molar-refractivity contribution in [3.8, 4) is 0 Å². The fourth-order valence-corrected chi connectivity index (χ4v) is 2.16. The van der Waals surface area contributed by atoms with Gasteiger partial charge in [-0.1, -0.05) is 50.8 Å². The van der Waals surface area contributed by atoms with Crippen molar-refractivity contribution >= 4 is 11.9 Å². The molecule has 0 saturated heterocycles. The maximum absolute atomic E-state index is 12.7. The number of nitrogens with zero attached hydrogens (tertiary/aromatic N) is 2. The second-order valence-corrected chi connectivity index (χ2v) is 4.82. The zero-order valence-electron chi connectivity index (χ0n) is 11.6. The molecule has 1 heterocycles. The molecule has 0 aliphatic heterocycles. The number of carbonyl (C=O) groups excluding carboxylic acids is 1. The monoisotopic (exact) mass is 254 g/mol. The normalized spacial score (nSPS) is 10.7. The maximum atomic E-state index is 12.7. The van der Waals surface area contributed by atoms with Gasteiger partial charge in [0.05, 0.1) is 17.0 Å². The van der Waals surface area contributed by atoms with Crippen LogP contribution >= 0.6 is 0 Å². The van der Waals surface area contributed by atoms with Crippen molar-refractivity contribution in [2.75, 3.05) is 0 Å². The highest BCUT2D eigenvalue weighted by Gasteiger charge is 2.23. The molecule has 3 nitrogen and oxygen atoms in total. The van der Waals surface area contributed by atoms with Crippen LogP contribution in [0.2, 0.25) is 0 Å². The number of benzene rings is 1. The Balaban J connectivity index is 2.61. The summed E-state index contributed by atoms with van der Waals surface area (Å²) in [6.07, 6.45) is 1.69. The van der Waals surface area contributed by atoms with Crippen LogP contribution in [0.3, 0.4) is 0 Å². The van der Waals surface area contributed by atoms with Gasteiger partial charge in [0.1, 0.15) is 0 Å². The van der Waals surface area contributed by atoms with E-state index in [1.165, 1.54) is 0 Å². The molecule has 0 N–H and O–H groups in total. The van der Waals surface area contributed by atoms with Gasteiger partial charge >= 0.3 is 0 Å². The highest BCUT2D eigenvalue weighted by atomic mass is 16.1. The molecule has 0 amide bonds. The van der Waals surface area contributed by atoms with Gasteiger partial charge in [0.15, 0.2) is 5.78 Å². The summed E-state index contributed by atoms with van der Waals surface area (Å²) in [7, 11) is 1.84. The molecule has 1 aromatic heterocycles. The molecular weight excluding hydrogens is 236 g/mol. The van der Waals surface area contributed by atoms with Crippen LogP contribution in [-0.2, 0) is 7.05 Å². The molecule has 98 valence electrons. The van der Waals surface area contributed by atoms with Gasteiger partial charge in [0, 0.05) is 12.6 Å². The summed E-state index contributed by atoms with van der Waals surface area (Å²) >= 11 is 0. The molecule has 0 aliphatic carbocycles. The Kier molecular flexibility index (Phi) is 3.65. The Morgan fingerprint density at radius 2 is 1.95 bits per heavy atom. The minimum Gasteiger partial charge on any atom is -0.288 e.